The van der Waals surface area contributed by atoms with E-state index in [2.05, 4.69) is 205 Å². The number of rotatable bonds is 7. The number of fused-ring (bicyclic) bond motifs is 5. The Morgan fingerprint density at radius 1 is 0.431 bits per heavy atom. The average molecular weight is 653 g/mol. The molecule has 0 bridgehead atoms. The molecule has 0 radical (unpaired) electrons. The fourth-order valence-electron chi connectivity index (χ4n) is 7.72. The molecule has 0 aliphatic rings. The molecule has 0 atom stereocenters. The molecule has 51 heavy (non-hydrogen) atoms. The number of benzene rings is 7. The Labute approximate surface area is 298 Å². The summed E-state index contributed by atoms with van der Waals surface area (Å²) >= 11 is 0. The molecule has 0 amide bonds. The highest BCUT2D eigenvalue weighted by molar-refractivity contribution is 6.24. The number of allylic oxidation sites excluding steroid dienone is 1. The van der Waals surface area contributed by atoms with Gasteiger partial charge in [-0.3, -0.25) is 0 Å². The summed E-state index contributed by atoms with van der Waals surface area (Å²) in [6.07, 6.45) is 6.37. The Hall–Kier alpha value is -6.64. The Kier molecular flexibility index (Phi) is 7.56. The van der Waals surface area contributed by atoms with E-state index in [0.717, 1.165) is 28.1 Å². The Bertz CT molecular complexity index is 2730. The van der Waals surface area contributed by atoms with Crippen molar-refractivity contribution in [2.45, 2.75) is 6.92 Å². The van der Waals surface area contributed by atoms with Crippen LogP contribution >= 0.6 is 0 Å². The molecule has 0 spiro atoms. The molecule has 0 fully saturated rings. The molecule has 2 heteroatoms. The largest absolute Gasteiger partial charge is 0.309 e. The summed E-state index contributed by atoms with van der Waals surface area (Å²) in [7, 11) is 0. The first-order chi connectivity index (χ1) is 25.2. The monoisotopic (exact) mass is 652 g/mol. The number of hydrogen-bond donors (Lipinski definition) is 0. The van der Waals surface area contributed by atoms with Gasteiger partial charge in [0.05, 0.1) is 22.2 Å². The summed E-state index contributed by atoms with van der Waals surface area (Å²) in [4.78, 5) is 0. The van der Waals surface area contributed by atoms with Crippen molar-refractivity contribution in [3.63, 3.8) is 0 Å². The minimum absolute atomic E-state index is 1.12. The Morgan fingerprint density at radius 2 is 0.941 bits per heavy atom. The zero-order valence-electron chi connectivity index (χ0n) is 28.5. The molecular formula is C49H36N2. The Balaban J connectivity index is 1.36. The molecule has 242 valence electrons. The van der Waals surface area contributed by atoms with Crippen LogP contribution in [-0.4, -0.2) is 9.13 Å². The van der Waals surface area contributed by atoms with Gasteiger partial charge >= 0.3 is 0 Å². The fraction of sp³-hybridized carbons (Fsp3) is 0.0204. The minimum atomic E-state index is 1.12. The van der Waals surface area contributed by atoms with Crippen molar-refractivity contribution in [1.29, 1.82) is 0 Å². The number of nitrogens with zero attached hydrogens (tertiary/aromatic N) is 2. The standard InChI is InChI=1S/C49H36N2/c1-3-15-44-42(4-2)48-46(50(44)40-27-24-37(25-28-40)34-16-8-5-9-17-34)30-31-47-49(48)43-33-39(36-20-12-7-13-21-36)26-29-45(43)51(47)41-23-14-22-38(32-41)35-18-10-6-11-19-35/h3-33H,2H2,1H3/b15-3-. The lowest BCUT2D eigenvalue weighted by Gasteiger charge is -2.12. The van der Waals surface area contributed by atoms with E-state index in [-0.39, 0.29) is 0 Å². The highest BCUT2D eigenvalue weighted by Crippen LogP contribution is 2.43. The van der Waals surface area contributed by atoms with E-state index in [1.165, 1.54) is 60.6 Å². The lowest BCUT2D eigenvalue weighted by atomic mass is 10.00. The third-order valence-electron chi connectivity index (χ3n) is 10.0. The molecule has 0 aliphatic heterocycles. The molecule has 0 saturated carbocycles. The van der Waals surface area contributed by atoms with Crippen molar-refractivity contribution in [3.8, 4) is 44.8 Å². The van der Waals surface area contributed by atoms with Crippen LogP contribution in [0.5, 0.6) is 0 Å². The summed E-state index contributed by atoms with van der Waals surface area (Å²) in [6.45, 7) is 6.48. The lowest BCUT2D eigenvalue weighted by molar-refractivity contribution is 1.10. The van der Waals surface area contributed by atoms with E-state index in [9.17, 15) is 0 Å². The average Bonchev–Trinajstić information content (AvgIpc) is 3.70. The highest BCUT2D eigenvalue weighted by Gasteiger charge is 2.23. The summed E-state index contributed by atoms with van der Waals surface area (Å²) < 4.78 is 4.82. The van der Waals surface area contributed by atoms with Gasteiger partial charge in [0.1, 0.15) is 0 Å². The topological polar surface area (TPSA) is 9.86 Å². The quantitative estimate of drug-likeness (QED) is 0.162. The van der Waals surface area contributed by atoms with Crippen molar-refractivity contribution in [2.24, 2.45) is 0 Å². The van der Waals surface area contributed by atoms with Crippen LogP contribution in [0.25, 0.3) is 89.6 Å². The Morgan fingerprint density at radius 3 is 1.55 bits per heavy atom. The molecule has 0 aliphatic carbocycles. The molecule has 2 aromatic heterocycles. The summed E-state index contributed by atoms with van der Waals surface area (Å²) in [5, 5.41) is 3.65. The van der Waals surface area contributed by atoms with Gasteiger partial charge < -0.3 is 9.13 Å². The van der Waals surface area contributed by atoms with Crippen LogP contribution in [0.15, 0.2) is 183 Å². The van der Waals surface area contributed by atoms with Gasteiger partial charge in [0.2, 0.25) is 0 Å². The van der Waals surface area contributed by atoms with Gasteiger partial charge in [-0.15, -0.1) is 0 Å². The van der Waals surface area contributed by atoms with Crippen molar-refractivity contribution in [3.05, 3.63) is 194 Å². The second-order valence-electron chi connectivity index (χ2n) is 13.0. The highest BCUT2D eigenvalue weighted by atomic mass is 15.0. The first-order valence-corrected chi connectivity index (χ1v) is 17.5. The first kappa shape index (κ1) is 30.4. The summed E-state index contributed by atoms with van der Waals surface area (Å²) in [5.41, 5.74) is 15.2. The van der Waals surface area contributed by atoms with Gasteiger partial charge in [0.15, 0.2) is 0 Å². The van der Waals surface area contributed by atoms with Crippen molar-refractivity contribution in [2.75, 3.05) is 0 Å². The lowest BCUT2D eigenvalue weighted by Crippen LogP contribution is -1.97. The maximum absolute atomic E-state index is 4.39. The fourth-order valence-corrected chi connectivity index (χ4v) is 7.72. The minimum Gasteiger partial charge on any atom is -0.309 e. The van der Waals surface area contributed by atoms with Crippen molar-refractivity contribution < 1.29 is 0 Å². The van der Waals surface area contributed by atoms with Gasteiger partial charge in [-0.25, -0.2) is 0 Å². The van der Waals surface area contributed by atoms with Crippen LogP contribution in [-0.2, 0) is 0 Å². The molecule has 9 aromatic rings. The van der Waals surface area contributed by atoms with Gasteiger partial charge in [-0.05, 0) is 94.9 Å². The maximum atomic E-state index is 4.39. The SMILES string of the molecule is C=Cc1c(/C=C\C)n(-c2ccc(-c3ccccc3)cc2)c2ccc3c(c4cc(-c5ccccc5)ccc4n3-c3cccc(-c4ccccc4)c3)c12. The van der Waals surface area contributed by atoms with Crippen molar-refractivity contribution in [1.82, 2.24) is 9.13 Å². The zero-order chi connectivity index (χ0) is 34.3. The second kappa shape index (κ2) is 12.7. The van der Waals surface area contributed by atoms with Crippen LogP contribution in [0.3, 0.4) is 0 Å². The van der Waals surface area contributed by atoms with E-state index in [1.54, 1.807) is 0 Å². The molecule has 0 N–H and O–H groups in total. The van der Waals surface area contributed by atoms with Crippen LogP contribution in [0, 0.1) is 0 Å². The van der Waals surface area contributed by atoms with Gasteiger partial charge in [0, 0.05) is 33.1 Å². The second-order valence-corrected chi connectivity index (χ2v) is 13.0. The first-order valence-electron chi connectivity index (χ1n) is 17.5. The van der Waals surface area contributed by atoms with E-state index in [1.807, 2.05) is 6.08 Å². The smallest absolute Gasteiger partial charge is 0.0548 e. The molecule has 2 nitrogen and oxygen atoms in total. The summed E-state index contributed by atoms with van der Waals surface area (Å²) in [5.74, 6) is 0. The third-order valence-corrected chi connectivity index (χ3v) is 10.0. The molecule has 0 unspecified atom stereocenters. The van der Waals surface area contributed by atoms with Crippen LogP contribution in [0.1, 0.15) is 18.2 Å². The summed E-state index contributed by atoms with van der Waals surface area (Å²) in [6, 6.07) is 61.2. The maximum Gasteiger partial charge on any atom is 0.0548 e. The van der Waals surface area contributed by atoms with Gasteiger partial charge in [-0.1, -0.05) is 140 Å². The number of hydrogen-bond acceptors (Lipinski definition) is 0. The van der Waals surface area contributed by atoms with Crippen LogP contribution < -0.4 is 0 Å². The van der Waals surface area contributed by atoms with E-state index < -0.39 is 0 Å². The molecule has 0 saturated heterocycles. The van der Waals surface area contributed by atoms with Gasteiger partial charge in [0.25, 0.3) is 0 Å². The predicted molar refractivity (Wildman–Crippen MR) is 219 cm³/mol. The van der Waals surface area contributed by atoms with Crippen molar-refractivity contribution >= 4 is 44.9 Å². The molecule has 9 rings (SSSR count). The zero-order valence-corrected chi connectivity index (χ0v) is 28.5. The van der Waals surface area contributed by atoms with E-state index >= 15 is 0 Å². The van der Waals surface area contributed by atoms with E-state index in [0.29, 0.717) is 0 Å². The normalized spacial score (nSPS) is 11.6. The van der Waals surface area contributed by atoms with E-state index in [4.69, 9.17) is 0 Å². The van der Waals surface area contributed by atoms with Crippen LogP contribution in [0.2, 0.25) is 0 Å². The van der Waals surface area contributed by atoms with Crippen LogP contribution in [0.4, 0.5) is 0 Å². The molecule has 2 heterocycles. The van der Waals surface area contributed by atoms with Gasteiger partial charge in [-0.2, -0.15) is 0 Å². The molecular weight excluding hydrogens is 617 g/mol. The molecule has 7 aromatic carbocycles. The predicted octanol–water partition coefficient (Wildman–Crippen LogP) is 13.4. The third kappa shape index (κ3) is 5.12. The number of aromatic nitrogens is 2.